The zero-order valence-electron chi connectivity index (χ0n) is 10.4. The van der Waals surface area contributed by atoms with Crippen molar-refractivity contribution in [3.05, 3.63) is 70.5 Å². The van der Waals surface area contributed by atoms with Gasteiger partial charge in [0.2, 0.25) is 0 Å². The van der Waals surface area contributed by atoms with Crippen LogP contribution in [0.15, 0.2) is 48.5 Å². The minimum absolute atomic E-state index is 0.263. The third kappa shape index (κ3) is 3.77. The molecule has 1 atom stereocenters. The monoisotopic (exact) mass is 279 g/mol. The fourth-order valence-corrected chi connectivity index (χ4v) is 1.97. The lowest BCUT2D eigenvalue weighted by molar-refractivity contribution is 0.0864. The van der Waals surface area contributed by atoms with Crippen molar-refractivity contribution in [1.82, 2.24) is 0 Å². The van der Waals surface area contributed by atoms with Gasteiger partial charge in [0.15, 0.2) is 0 Å². The fourth-order valence-electron chi connectivity index (χ4n) is 1.85. The van der Waals surface area contributed by atoms with Crippen LogP contribution in [0.1, 0.15) is 17.2 Å². The summed E-state index contributed by atoms with van der Waals surface area (Å²) in [6.45, 7) is 0.871. The molecular weight excluding hydrogens is 265 g/mol. The van der Waals surface area contributed by atoms with Crippen LogP contribution < -0.4 is 5.73 Å². The van der Waals surface area contributed by atoms with Crippen molar-refractivity contribution in [3.63, 3.8) is 0 Å². The summed E-state index contributed by atoms with van der Waals surface area (Å²) in [5, 5.41) is 0.667. The van der Waals surface area contributed by atoms with Crippen LogP contribution in [-0.2, 0) is 4.74 Å². The second-order valence-corrected chi connectivity index (χ2v) is 4.58. The maximum atomic E-state index is 13.0. The summed E-state index contributed by atoms with van der Waals surface area (Å²) in [4.78, 5) is 0. The molecule has 2 N–H and O–H groups in total. The first-order valence-corrected chi connectivity index (χ1v) is 6.41. The summed E-state index contributed by atoms with van der Waals surface area (Å²) in [5.41, 5.74) is 7.32. The third-order valence-corrected chi connectivity index (χ3v) is 3.00. The van der Waals surface area contributed by atoms with Crippen molar-refractivity contribution in [1.29, 1.82) is 0 Å². The molecule has 100 valence electrons. The van der Waals surface area contributed by atoms with Crippen LogP contribution in [-0.4, -0.2) is 13.2 Å². The Morgan fingerprint density at radius 2 is 1.53 bits per heavy atom. The van der Waals surface area contributed by atoms with Gasteiger partial charge in [0.05, 0.1) is 6.61 Å². The molecule has 0 aliphatic carbocycles. The van der Waals surface area contributed by atoms with Gasteiger partial charge in [0.1, 0.15) is 11.9 Å². The predicted octanol–water partition coefficient (Wildman–Crippen LogP) is 3.54. The molecule has 0 bridgehead atoms. The van der Waals surface area contributed by atoms with Gasteiger partial charge in [-0.25, -0.2) is 4.39 Å². The Kier molecular flexibility index (Phi) is 4.91. The van der Waals surface area contributed by atoms with Crippen molar-refractivity contribution in [2.45, 2.75) is 6.10 Å². The van der Waals surface area contributed by atoms with E-state index in [4.69, 9.17) is 22.1 Å². The molecule has 0 radical (unpaired) electrons. The topological polar surface area (TPSA) is 35.2 Å². The largest absolute Gasteiger partial charge is 0.367 e. The van der Waals surface area contributed by atoms with Gasteiger partial charge in [-0.2, -0.15) is 0 Å². The van der Waals surface area contributed by atoms with Crippen LogP contribution in [0.3, 0.4) is 0 Å². The molecule has 0 heterocycles. The molecule has 0 spiro atoms. The van der Waals surface area contributed by atoms with Crippen molar-refractivity contribution >= 4 is 11.6 Å². The van der Waals surface area contributed by atoms with Gasteiger partial charge in [-0.3, -0.25) is 0 Å². The van der Waals surface area contributed by atoms with E-state index < -0.39 is 0 Å². The van der Waals surface area contributed by atoms with E-state index in [1.807, 2.05) is 12.1 Å². The summed E-state index contributed by atoms with van der Waals surface area (Å²) in [6.07, 6.45) is -0.263. The maximum absolute atomic E-state index is 13.0. The van der Waals surface area contributed by atoms with Gasteiger partial charge in [-0.05, 0) is 35.4 Å². The first-order chi connectivity index (χ1) is 9.20. The van der Waals surface area contributed by atoms with Crippen molar-refractivity contribution < 1.29 is 9.13 Å². The Bertz CT molecular complexity index is 467. The Hall–Kier alpha value is -1.42. The number of halogens is 2. The van der Waals surface area contributed by atoms with Gasteiger partial charge in [-0.1, -0.05) is 35.9 Å². The molecule has 2 nitrogen and oxygen atoms in total. The van der Waals surface area contributed by atoms with Crippen LogP contribution in [0.5, 0.6) is 0 Å². The molecule has 0 aliphatic rings. The fraction of sp³-hybridized carbons (Fsp3) is 0.200. The molecule has 4 heteroatoms. The van der Waals surface area contributed by atoms with Crippen LogP contribution in [0.25, 0.3) is 0 Å². The zero-order valence-corrected chi connectivity index (χ0v) is 11.1. The number of nitrogens with two attached hydrogens (primary N) is 1. The molecule has 0 fully saturated rings. The molecule has 2 aromatic carbocycles. The summed E-state index contributed by atoms with van der Waals surface area (Å²) in [7, 11) is 0. The number of hydrogen-bond acceptors (Lipinski definition) is 2. The molecule has 0 unspecified atom stereocenters. The Morgan fingerprint density at radius 3 is 2.05 bits per heavy atom. The summed E-state index contributed by atoms with van der Waals surface area (Å²) in [5.74, 6) is -0.266. The van der Waals surface area contributed by atoms with Gasteiger partial charge in [-0.15, -0.1) is 0 Å². The number of rotatable bonds is 5. The first-order valence-electron chi connectivity index (χ1n) is 6.03. The van der Waals surface area contributed by atoms with E-state index in [1.165, 1.54) is 12.1 Å². The smallest absolute Gasteiger partial charge is 0.123 e. The molecule has 2 aromatic rings. The van der Waals surface area contributed by atoms with Crippen LogP contribution in [0.2, 0.25) is 5.02 Å². The predicted molar refractivity (Wildman–Crippen MR) is 74.7 cm³/mol. The minimum atomic E-state index is -0.266. The summed E-state index contributed by atoms with van der Waals surface area (Å²) < 4.78 is 18.7. The molecule has 2 rings (SSSR count). The molecule has 0 aliphatic heterocycles. The van der Waals surface area contributed by atoms with Gasteiger partial charge in [0, 0.05) is 11.6 Å². The van der Waals surface area contributed by atoms with Gasteiger partial charge >= 0.3 is 0 Å². The average Bonchev–Trinajstić information content (AvgIpc) is 2.43. The van der Waals surface area contributed by atoms with E-state index in [0.717, 1.165) is 11.1 Å². The lowest BCUT2D eigenvalue weighted by atomic mass is 10.0. The van der Waals surface area contributed by atoms with Crippen molar-refractivity contribution in [2.75, 3.05) is 13.2 Å². The quantitative estimate of drug-likeness (QED) is 0.908. The number of hydrogen-bond donors (Lipinski definition) is 1. The normalized spacial score (nSPS) is 12.4. The van der Waals surface area contributed by atoms with E-state index >= 15 is 0 Å². The maximum Gasteiger partial charge on any atom is 0.123 e. The highest BCUT2D eigenvalue weighted by Gasteiger charge is 2.14. The Labute approximate surface area is 117 Å². The number of ether oxygens (including phenoxy) is 1. The van der Waals surface area contributed by atoms with E-state index in [2.05, 4.69) is 0 Å². The molecular formula is C15H15ClFNO. The minimum Gasteiger partial charge on any atom is -0.367 e. The van der Waals surface area contributed by atoms with E-state index in [9.17, 15) is 4.39 Å². The van der Waals surface area contributed by atoms with E-state index in [0.29, 0.717) is 18.2 Å². The highest BCUT2D eigenvalue weighted by Crippen LogP contribution is 2.27. The highest BCUT2D eigenvalue weighted by atomic mass is 35.5. The Balaban J connectivity index is 2.29. The third-order valence-electron chi connectivity index (χ3n) is 2.75. The molecule has 0 amide bonds. The van der Waals surface area contributed by atoms with Crippen molar-refractivity contribution in [2.24, 2.45) is 5.73 Å². The lowest BCUT2D eigenvalue weighted by Crippen LogP contribution is -2.13. The van der Waals surface area contributed by atoms with Gasteiger partial charge < -0.3 is 10.5 Å². The van der Waals surface area contributed by atoms with Crippen LogP contribution in [0, 0.1) is 5.82 Å². The number of benzene rings is 2. The summed E-state index contributed by atoms with van der Waals surface area (Å²) in [6, 6.07) is 13.7. The van der Waals surface area contributed by atoms with E-state index in [-0.39, 0.29) is 11.9 Å². The standard InChI is InChI=1S/C15H15ClFNO/c16-13-5-1-11(2-6-13)15(19-10-9-18)12-3-7-14(17)8-4-12/h1-8,15H,9-10,18H2/t15-/m0/s1. The molecule has 0 saturated heterocycles. The second-order valence-electron chi connectivity index (χ2n) is 4.14. The highest BCUT2D eigenvalue weighted by molar-refractivity contribution is 6.30. The molecule has 0 aromatic heterocycles. The van der Waals surface area contributed by atoms with Crippen molar-refractivity contribution in [3.8, 4) is 0 Å². The molecule has 0 saturated carbocycles. The van der Waals surface area contributed by atoms with Crippen LogP contribution >= 0.6 is 11.6 Å². The first kappa shape index (κ1) is 14.0. The van der Waals surface area contributed by atoms with Crippen LogP contribution in [0.4, 0.5) is 4.39 Å². The molecule has 19 heavy (non-hydrogen) atoms. The summed E-state index contributed by atoms with van der Waals surface area (Å²) >= 11 is 5.88. The SMILES string of the molecule is NCCO[C@H](c1ccc(F)cc1)c1ccc(Cl)cc1. The second kappa shape index (κ2) is 6.66. The van der Waals surface area contributed by atoms with Gasteiger partial charge in [0.25, 0.3) is 0 Å². The Morgan fingerprint density at radius 1 is 1.00 bits per heavy atom. The van der Waals surface area contributed by atoms with E-state index in [1.54, 1.807) is 24.3 Å². The average molecular weight is 280 g/mol. The lowest BCUT2D eigenvalue weighted by Gasteiger charge is -2.18. The zero-order chi connectivity index (χ0) is 13.7.